The lowest BCUT2D eigenvalue weighted by molar-refractivity contribution is 0.212. The van der Waals surface area contributed by atoms with Crippen LogP contribution in [0.3, 0.4) is 0 Å². The molecule has 6 heteroatoms. The summed E-state index contributed by atoms with van der Waals surface area (Å²) in [6.45, 7) is 2.55. The summed E-state index contributed by atoms with van der Waals surface area (Å²) in [6, 6.07) is 9.27. The number of nitrogens with one attached hydrogen (secondary N) is 1. The zero-order valence-electron chi connectivity index (χ0n) is 14.1. The Labute approximate surface area is 151 Å². The number of benzene rings is 2. The lowest BCUT2D eigenvalue weighted by Gasteiger charge is -2.23. The Bertz CT molecular complexity index is 720. The van der Waals surface area contributed by atoms with E-state index in [-0.39, 0.29) is 0 Å². The average Bonchev–Trinajstić information content (AvgIpc) is 2.63. The first-order valence-electron chi connectivity index (χ1n) is 8.30. The van der Waals surface area contributed by atoms with Crippen LogP contribution in [-0.4, -0.2) is 26.8 Å². The molecule has 1 atom stereocenters. The Morgan fingerprint density at radius 2 is 1.96 bits per heavy atom. The molecule has 3 rings (SSSR count). The van der Waals surface area contributed by atoms with E-state index in [0.29, 0.717) is 40.5 Å². The minimum Gasteiger partial charge on any atom is -0.493 e. The highest BCUT2D eigenvalue weighted by molar-refractivity contribution is 6.30. The number of ether oxygens (including phenoxy) is 3. The summed E-state index contributed by atoms with van der Waals surface area (Å²) in [6.07, 6.45) is 2.26. The molecule has 0 spiro atoms. The van der Waals surface area contributed by atoms with Crippen molar-refractivity contribution in [1.82, 2.24) is 5.32 Å². The zero-order valence-corrected chi connectivity index (χ0v) is 14.8. The Balaban J connectivity index is 1.77. The molecule has 0 aromatic heterocycles. The molecule has 1 aliphatic rings. The van der Waals surface area contributed by atoms with Gasteiger partial charge in [-0.15, -0.1) is 0 Å². The fraction of sp³-hybridized carbons (Fsp3) is 0.368. The molecule has 1 aliphatic heterocycles. The third kappa shape index (κ3) is 4.77. The number of hydrogen-bond donors (Lipinski definition) is 1. The maximum atomic E-state index is 13.7. The van der Waals surface area contributed by atoms with Crippen molar-refractivity contribution in [2.24, 2.45) is 5.92 Å². The summed E-state index contributed by atoms with van der Waals surface area (Å²) in [4.78, 5) is 0. The van der Waals surface area contributed by atoms with Gasteiger partial charge in [0.05, 0.1) is 13.7 Å². The highest BCUT2D eigenvalue weighted by Crippen LogP contribution is 2.38. The van der Waals surface area contributed by atoms with E-state index in [9.17, 15) is 4.39 Å². The quantitative estimate of drug-likeness (QED) is 0.808. The Kier molecular flexibility index (Phi) is 6.00. The molecule has 2 aromatic carbocycles. The van der Waals surface area contributed by atoms with Crippen LogP contribution in [0.2, 0.25) is 5.02 Å². The minimum atomic E-state index is -0.394. The van der Waals surface area contributed by atoms with Gasteiger partial charge in [-0.3, -0.25) is 0 Å². The molecule has 1 heterocycles. The number of rotatable bonds is 6. The predicted molar refractivity (Wildman–Crippen MR) is 95.6 cm³/mol. The number of methoxy groups -OCH3 is 1. The van der Waals surface area contributed by atoms with Crippen LogP contribution in [0.4, 0.5) is 4.39 Å². The van der Waals surface area contributed by atoms with Gasteiger partial charge in [-0.25, -0.2) is 4.39 Å². The van der Waals surface area contributed by atoms with Crippen LogP contribution in [0.25, 0.3) is 0 Å². The van der Waals surface area contributed by atoms with Crippen molar-refractivity contribution in [1.29, 1.82) is 0 Å². The molecule has 134 valence electrons. The molecule has 4 nitrogen and oxygen atoms in total. The average molecular weight is 366 g/mol. The largest absolute Gasteiger partial charge is 0.493 e. The van der Waals surface area contributed by atoms with Crippen LogP contribution < -0.4 is 19.5 Å². The molecule has 2 aromatic rings. The van der Waals surface area contributed by atoms with Gasteiger partial charge < -0.3 is 19.5 Å². The zero-order chi connectivity index (χ0) is 17.6. The standard InChI is InChI=1S/C19H21ClFNO3/c1-23-18-9-14(20)4-6-17(18)25-19-10-15(21)5-7-16(19)24-12-13-3-2-8-22-11-13/h4-7,9-10,13,22H,2-3,8,11-12H2,1H3/t13-/m0/s1. The van der Waals surface area contributed by atoms with Gasteiger partial charge in [0.1, 0.15) is 5.82 Å². The van der Waals surface area contributed by atoms with Crippen molar-refractivity contribution in [3.8, 4) is 23.0 Å². The maximum Gasteiger partial charge on any atom is 0.172 e. The second-order valence-corrected chi connectivity index (χ2v) is 6.45. The van der Waals surface area contributed by atoms with Gasteiger partial charge in [-0.05, 0) is 43.7 Å². The molecule has 0 bridgehead atoms. The van der Waals surface area contributed by atoms with Crippen LogP contribution in [0.15, 0.2) is 36.4 Å². The van der Waals surface area contributed by atoms with E-state index in [1.165, 1.54) is 19.2 Å². The molecule has 1 fully saturated rings. The predicted octanol–water partition coefficient (Wildman–Crippen LogP) is 4.66. The van der Waals surface area contributed by atoms with Crippen LogP contribution in [0.5, 0.6) is 23.0 Å². The Morgan fingerprint density at radius 1 is 1.12 bits per heavy atom. The van der Waals surface area contributed by atoms with E-state index in [4.69, 9.17) is 25.8 Å². The maximum absolute atomic E-state index is 13.7. The molecule has 1 N–H and O–H groups in total. The van der Waals surface area contributed by atoms with Gasteiger partial charge in [-0.1, -0.05) is 11.6 Å². The third-order valence-electron chi connectivity index (χ3n) is 4.12. The van der Waals surface area contributed by atoms with Crippen LogP contribution >= 0.6 is 11.6 Å². The summed E-state index contributed by atoms with van der Waals surface area (Å²) in [7, 11) is 1.53. The van der Waals surface area contributed by atoms with Crippen molar-refractivity contribution in [3.05, 3.63) is 47.2 Å². The smallest absolute Gasteiger partial charge is 0.172 e. The van der Waals surface area contributed by atoms with E-state index in [0.717, 1.165) is 25.9 Å². The highest BCUT2D eigenvalue weighted by atomic mass is 35.5. The molecule has 25 heavy (non-hydrogen) atoms. The second kappa shape index (κ2) is 8.41. The Morgan fingerprint density at radius 3 is 2.72 bits per heavy atom. The summed E-state index contributed by atoms with van der Waals surface area (Å²) < 4.78 is 30.7. The van der Waals surface area contributed by atoms with E-state index in [2.05, 4.69) is 5.32 Å². The van der Waals surface area contributed by atoms with Gasteiger partial charge >= 0.3 is 0 Å². The van der Waals surface area contributed by atoms with Gasteiger partial charge in [0.15, 0.2) is 23.0 Å². The van der Waals surface area contributed by atoms with Gasteiger partial charge in [-0.2, -0.15) is 0 Å². The van der Waals surface area contributed by atoms with Gasteiger partial charge in [0, 0.05) is 29.6 Å². The topological polar surface area (TPSA) is 39.7 Å². The van der Waals surface area contributed by atoms with E-state index in [1.807, 2.05) is 0 Å². The fourth-order valence-electron chi connectivity index (χ4n) is 2.80. The van der Waals surface area contributed by atoms with Gasteiger partial charge in [0.25, 0.3) is 0 Å². The molecular weight excluding hydrogens is 345 g/mol. The fourth-order valence-corrected chi connectivity index (χ4v) is 2.96. The molecule has 1 saturated heterocycles. The van der Waals surface area contributed by atoms with Crippen molar-refractivity contribution >= 4 is 11.6 Å². The van der Waals surface area contributed by atoms with Crippen LogP contribution in [0, 0.1) is 11.7 Å². The molecule has 0 aliphatic carbocycles. The van der Waals surface area contributed by atoms with E-state index < -0.39 is 5.82 Å². The molecule has 0 unspecified atom stereocenters. The minimum absolute atomic E-state index is 0.310. The van der Waals surface area contributed by atoms with Crippen molar-refractivity contribution < 1.29 is 18.6 Å². The van der Waals surface area contributed by atoms with Crippen LogP contribution in [-0.2, 0) is 0 Å². The lowest BCUT2D eigenvalue weighted by Crippen LogP contribution is -2.33. The first kappa shape index (κ1) is 17.8. The van der Waals surface area contributed by atoms with E-state index >= 15 is 0 Å². The molecular formula is C19H21ClFNO3. The number of piperidine rings is 1. The van der Waals surface area contributed by atoms with Crippen molar-refractivity contribution in [3.63, 3.8) is 0 Å². The third-order valence-corrected chi connectivity index (χ3v) is 4.36. The van der Waals surface area contributed by atoms with Crippen molar-refractivity contribution in [2.75, 3.05) is 26.8 Å². The first-order valence-corrected chi connectivity index (χ1v) is 8.68. The summed E-state index contributed by atoms with van der Waals surface area (Å²) in [5.41, 5.74) is 0. The number of halogens is 2. The normalized spacial score (nSPS) is 17.2. The molecule has 0 amide bonds. The van der Waals surface area contributed by atoms with Gasteiger partial charge in [0.2, 0.25) is 0 Å². The molecule has 0 saturated carbocycles. The lowest BCUT2D eigenvalue weighted by atomic mass is 10.0. The monoisotopic (exact) mass is 365 g/mol. The summed E-state index contributed by atoms with van der Waals surface area (Å²) >= 11 is 5.96. The number of hydrogen-bond acceptors (Lipinski definition) is 4. The van der Waals surface area contributed by atoms with E-state index in [1.54, 1.807) is 24.3 Å². The Hall–Kier alpha value is -1.98. The summed E-state index contributed by atoms with van der Waals surface area (Å²) in [5, 5.41) is 3.89. The van der Waals surface area contributed by atoms with Crippen LogP contribution in [0.1, 0.15) is 12.8 Å². The SMILES string of the molecule is COc1cc(Cl)ccc1Oc1cc(F)ccc1OC[C@H]1CCCNC1. The second-order valence-electron chi connectivity index (χ2n) is 6.01. The van der Waals surface area contributed by atoms with Crippen molar-refractivity contribution in [2.45, 2.75) is 12.8 Å². The summed E-state index contributed by atoms with van der Waals surface area (Å²) in [5.74, 6) is 1.78. The molecule has 0 radical (unpaired) electrons. The first-order chi connectivity index (χ1) is 12.2. The highest BCUT2D eigenvalue weighted by Gasteiger charge is 2.16.